The van der Waals surface area contributed by atoms with Gasteiger partial charge in [-0.2, -0.15) is 0 Å². The van der Waals surface area contributed by atoms with Crippen molar-refractivity contribution in [3.63, 3.8) is 0 Å². The van der Waals surface area contributed by atoms with Gasteiger partial charge in [-0.25, -0.2) is 0 Å². The lowest BCUT2D eigenvalue weighted by Gasteiger charge is -2.59. The van der Waals surface area contributed by atoms with Gasteiger partial charge in [0.1, 0.15) is 11.9 Å². The quantitative estimate of drug-likeness (QED) is 0.663. The summed E-state index contributed by atoms with van der Waals surface area (Å²) in [6.07, 6.45) is 10.3. The number of rotatable bonds is 1. The summed E-state index contributed by atoms with van der Waals surface area (Å²) in [7, 11) is 0. The smallest absolute Gasteiger partial charge is 0.302 e. The minimum Gasteiger partial charge on any atom is -0.462 e. The predicted molar refractivity (Wildman–Crippen MR) is 92.3 cm³/mol. The number of esters is 1. The summed E-state index contributed by atoms with van der Waals surface area (Å²) >= 11 is 0. The Labute approximate surface area is 145 Å². The summed E-state index contributed by atoms with van der Waals surface area (Å²) in [6.45, 7) is 6.29. The normalized spacial score (nSPS) is 50.6. The first-order chi connectivity index (χ1) is 11.4. The molecular formula is C21H32O3. The van der Waals surface area contributed by atoms with E-state index in [2.05, 4.69) is 13.8 Å². The second-order valence-electron chi connectivity index (χ2n) is 9.58. The van der Waals surface area contributed by atoms with Gasteiger partial charge in [0.05, 0.1) is 0 Å². The SMILES string of the molecule is CC(=O)O[C@@H]1CC[C@H]2[C@@H]3C(=O)C[C@H]4CCCC[C@]4(C)[C@H]3CC[C@]12C. The summed E-state index contributed by atoms with van der Waals surface area (Å²) in [6, 6.07) is 0. The maximum Gasteiger partial charge on any atom is 0.302 e. The first-order valence-corrected chi connectivity index (χ1v) is 10.1. The van der Waals surface area contributed by atoms with Gasteiger partial charge in [0, 0.05) is 24.7 Å². The molecule has 24 heavy (non-hydrogen) atoms. The zero-order valence-electron chi connectivity index (χ0n) is 15.5. The Bertz CT molecular complexity index is 555. The number of carbonyl (C=O) groups is 2. The van der Waals surface area contributed by atoms with Gasteiger partial charge < -0.3 is 4.74 Å². The van der Waals surface area contributed by atoms with E-state index in [1.807, 2.05) is 0 Å². The molecule has 0 aliphatic heterocycles. The van der Waals surface area contributed by atoms with E-state index >= 15 is 0 Å². The molecule has 4 aliphatic carbocycles. The molecule has 4 aliphatic rings. The van der Waals surface area contributed by atoms with Crippen molar-refractivity contribution in [2.45, 2.75) is 84.7 Å². The van der Waals surface area contributed by atoms with E-state index in [0.29, 0.717) is 29.0 Å². The molecule has 0 aromatic heterocycles. The molecule has 4 rings (SSSR count). The molecular weight excluding hydrogens is 300 g/mol. The van der Waals surface area contributed by atoms with Gasteiger partial charge in [0.2, 0.25) is 0 Å². The third-order valence-electron chi connectivity index (χ3n) is 8.61. The van der Waals surface area contributed by atoms with E-state index in [9.17, 15) is 9.59 Å². The Balaban J connectivity index is 1.64. The highest BCUT2D eigenvalue weighted by Gasteiger charge is 2.62. The average molecular weight is 332 g/mol. The van der Waals surface area contributed by atoms with Crippen molar-refractivity contribution in [1.29, 1.82) is 0 Å². The highest BCUT2D eigenvalue weighted by molar-refractivity contribution is 5.83. The number of ether oxygens (including phenoxy) is 1. The van der Waals surface area contributed by atoms with Crippen LogP contribution in [0.3, 0.4) is 0 Å². The number of hydrogen-bond donors (Lipinski definition) is 0. The second kappa shape index (κ2) is 5.57. The van der Waals surface area contributed by atoms with E-state index in [-0.39, 0.29) is 23.4 Å². The fourth-order valence-corrected chi connectivity index (χ4v) is 7.31. The van der Waals surface area contributed by atoms with Gasteiger partial charge in [-0.3, -0.25) is 9.59 Å². The molecule has 0 amide bonds. The number of hydrogen-bond acceptors (Lipinski definition) is 3. The topological polar surface area (TPSA) is 43.4 Å². The van der Waals surface area contributed by atoms with Crippen LogP contribution in [0, 0.1) is 34.5 Å². The van der Waals surface area contributed by atoms with Crippen molar-refractivity contribution in [1.82, 2.24) is 0 Å². The first kappa shape index (κ1) is 16.6. The summed E-state index contributed by atoms with van der Waals surface area (Å²) in [5, 5.41) is 0. The molecule has 7 atom stereocenters. The van der Waals surface area contributed by atoms with Gasteiger partial charge >= 0.3 is 5.97 Å². The van der Waals surface area contributed by atoms with Gasteiger partial charge in [-0.05, 0) is 61.7 Å². The minimum absolute atomic E-state index is 0.0142. The molecule has 0 unspecified atom stereocenters. The Hall–Kier alpha value is -0.860. The first-order valence-electron chi connectivity index (χ1n) is 10.1. The summed E-state index contributed by atoms with van der Waals surface area (Å²) in [5.41, 5.74) is 0.387. The maximum absolute atomic E-state index is 13.1. The largest absolute Gasteiger partial charge is 0.462 e. The summed E-state index contributed by atoms with van der Waals surface area (Å²) in [4.78, 5) is 24.6. The third-order valence-corrected chi connectivity index (χ3v) is 8.61. The molecule has 0 bridgehead atoms. The Kier molecular flexibility index (Phi) is 3.85. The molecule has 3 heteroatoms. The fraction of sp³-hybridized carbons (Fsp3) is 0.905. The molecule has 0 saturated heterocycles. The van der Waals surface area contributed by atoms with Crippen LogP contribution >= 0.6 is 0 Å². The summed E-state index contributed by atoms with van der Waals surface area (Å²) < 4.78 is 5.68. The predicted octanol–water partition coefficient (Wildman–Crippen LogP) is 4.53. The lowest BCUT2D eigenvalue weighted by atomic mass is 9.45. The number of fused-ring (bicyclic) bond motifs is 5. The molecule has 0 spiro atoms. The maximum atomic E-state index is 13.1. The van der Waals surface area contributed by atoms with E-state index in [0.717, 1.165) is 32.1 Å². The second-order valence-corrected chi connectivity index (χ2v) is 9.58. The van der Waals surface area contributed by atoms with Crippen LogP contribution in [0.1, 0.15) is 78.6 Å². The van der Waals surface area contributed by atoms with Gasteiger partial charge in [0.15, 0.2) is 0 Å². The van der Waals surface area contributed by atoms with Crippen LogP contribution in [0.15, 0.2) is 0 Å². The van der Waals surface area contributed by atoms with Crippen LogP contribution in [0.5, 0.6) is 0 Å². The van der Waals surface area contributed by atoms with Crippen molar-refractivity contribution in [3.05, 3.63) is 0 Å². The van der Waals surface area contributed by atoms with Crippen LogP contribution < -0.4 is 0 Å². The monoisotopic (exact) mass is 332 g/mol. The van der Waals surface area contributed by atoms with E-state index in [4.69, 9.17) is 4.74 Å². The highest BCUT2D eigenvalue weighted by Crippen LogP contribution is 2.65. The number of Topliss-reactive ketones (excluding diaryl/α,β-unsaturated/α-hetero) is 1. The van der Waals surface area contributed by atoms with Crippen LogP contribution in [0.25, 0.3) is 0 Å². The zero-order chi connectivity index (χ0) is 17.1. The summed E-state index contributed by atoms with van der Waals surface area (Å²) in [5.74, 6) is 2.20. The van der Waals surface area contributed by atoms with Crippen molar-refractivity contribution in [2.75, 3.05) is 0 Å². The van der Waals surface area contributed by atoms with Crippen molar-refractivity contribution in [2.24, 2.45) is 34.5 Å². The lowest BCUT2D eigenvalue weighted by molar-refractivity contribution is -0.166. The van der Waals surface area contributed by atoms with E-state index in [1.54, 1.807) is 0 Å². The standard InChI is InChI=1S/C21H32O3/c1-13(22)24-18-8-7-15-19-16(9-11-21(15,18)3)20(2)10-5-4-6-14(20)12-17(19)23/h14-16,18-19H,4-12H2,1-3H3/t14-,15+,16+,18-,19+,20+,21+/m1/s1. The molecule has 0 N–H and O–H groups in total. The Morgan fingerprint density at radius 2 is 1.75 bits per heavy atom. The molecule has 0 radical (unpaired) electrons. The fourth-order valence-electron chi connectivity index (χ4n) is 7.31. The number of ketones is 1. The van der Waals surface area contributed by atoms with Crippen LogP contribution in [0.4, 0.5) is 0 Å². The van der Waals surface area contributed by atoms with E-state index < -0.39 is 0 Å². The van der Waals surface area contributed by atoms with Gasteiger partial charge in [-0.15, -0.1) is 0 Å². The third kappa shape index (κ3) is 2.22. The number of carbonyl (C=O) groups excluding carboxylic acids is 2. The molecule has 4 fully saturated rings. The van der Waals surface area contributed by atoms with Crippen molar-refractivity contribution >= 4 is 11.8 Å². The Morgan fingerprint density at radius 3 is 2.50 bits per heavy atom. The molecule has 4 saturated carbocycles. The molecule has 3 nitrogen and oxygen atoms in total. The van der Waals surface area contributed by atoms with Crippen LogP contribution in [0.2, 0.25) is 0 Å². The van der Waals surface area contributed by atoms with E-state index in [1.165, 1.54) is 32.6 Å². The highest BCUT2D eigenvalue weighted by atomic mass is 16.5. The van der Waals surface area contributed by atoms with Gasteiger partial charge in [-0.1, -0.05) is 26.7 Å². The minimum atomic E-state index is -0.168. The molecule has 0 heterocycles. The van der Waals surface area contributed by atoms with Crippen LogP contribution in [-0.4, -0.2) is 17.9 Å². The molecule has 0 aromatic carbocycles. The lowest BCUT2D eigenvalue weighted by Crippen LogP contribution is -2.56. The molecule has 0 aromatic rings. The van der Waals surface area contributed by atoms with Crippen molar-refractivity contribution < 1.29 is 14.3 Å². The average Bonchev–Trinajstić information content (AvgIpc) is 2.84. The van der Waals surface area contributed by atoms with Crippen LogP contribution in [-0.2, 0) is 14.3 Å². The zero-order valence-corrected chi connectivity index (χ0v) is 15.5. The van der Waals surface area contributed by atoms with Crippen molar-refractivity contribution in [3.8, 4) is 0 Å². The van der Waals surface area contributed by atoms with Gasteiger partial charge in [0.25, 0.3) is 0 Å². The Morgan fingerprint density at radius 1 is 1.00 bits per heavy atom. The molecule has 134 valence electrons.